The van der Waals surface area contributed by atoms with Gasteiger partial charge in [-0.25, -0.2) is 0 Å². The number of fused-ring (bicyclic) bond motifs is 1. The first-order valence-corrected chi connectivity index (χ1v) is 6.57. The molecule has 0 radical (unpaired) electrons. The van der Waals surface area contributed by atoms with Crippen molar-refractivity contribution in [3.8, 4) is 0 Å². The predicted octanol–water partition coefficient (Wildman–Crippen LogP) is 3.26. The Bertz CT molecular complexity index is 501. The highest BCUT2D eigenvalue weighted by atomic mass is 79.9. The van der Waals surface area contributed by atoms with Crippen LogP contribution in [0.25, 0.3) is 0 Å². The van der Waals surface area contributed by atoms with Gasteiger partial charge < -0.3 is 15.2 Å². The standard InChI is InChI=1S/C11H10BrNO3S/c1-2-16-11(15)9-10(14)13-7-5-6(12)3-4-8(7)17-9/h3-5,15H,2H2,1H3,(H,13,14). The number of carbonyl (C=O) groups excluding carboxylic acids is 1. The number of ether oxygens (including phenoxy) is 1. The lowest BCUT2D eigenvalue weighted by molar-refractivity contribution is -0.112. The molecule has 0 spiro atoms. The van der Waals surface area contributed by atoms with Gasteiger partial charge in [0.05, 0.1) is 12.3 Å². The van der Waals surface area contributed by atoms with Crippen LogP contribution in [0.3, 0.4) is 0 Å². The topological polar surface area (TPSA) is 58.6 Å². The van der Waals surface area contributed by atoms with E-state index in [2.05, 4.69) is 21.2 Å². The van der Waals surface area contributed by atoms with Gasteiger partial charge >= 0.3 is 0 Å². The molecule has 1 aromatic rings. The molecular weight excluding hydrogens is 306 g/mol. The molecule has 2 rings (SSSR count). The van der Waals surface area contributed by atoms with Gasteiger partial charge in [0.15, 0.2) is 4.91 Å². The second kappa shape index (κ2) is 5.01. The fourth-order valence-corrected chi connectivity index (χ4v) is 2.59. The summed E-state index contributed by atoms with van der Waals surface area (Å²) in [7, 11) is 0. The van der Waals surface area contributed by atoms with E-state index in [0.29, 0.717) is 6.61 Å². The summed E-state index contributed by atoms with van der Waals surface area (Å²) in [6.07, 6.45) is 0. The molecule has 0 bridgehead atoms. The van der Waals surface area contributed by atoms with Crippen LogP contribution in [0.5, 0.6) is 0 Å². The van der Waals surface area contributed by atoms with Gasteiger partial charge in [-0.05, 0) is 25.1 Å². The van der Waals surface area contributed by atoms with E-state index in [1.807, 2.05) is 18.2 Å². The maximum absolute atomic E-state index is 11.7. The Hall–Kier alpha value is -1.14. The van der Waals surface area contributed by atoms with E-state index >= 15 is 0 Å². The molecule has 1 heterocycles. The molecule has 0 aliphatic carbocycles. The summed E-state index contributed by atoms with van der Waals surface area (Å²) in [5.41, 5.74) is 0.724. The summed E-state index contributed by atoms with van der Waals surface area (Å²) in [4.78, 5) is 12.8. The van der Waals surface area contributed by atoms with Crippen molar-refractivity contribution in [3.63, 3.8) is 0 Å². The molecular formula is C11H10BrNO3S. The van der Waals surface area contributed by atoms with Gasteiger partial charge in [0.25, 0.3) is 11.9 Å². The molecule has 2 N–H and O–H groups in total. The third-order valence-electron chi connectivity index (χ3n) is 2.08. The zero-order chi connectivity index (χ0) is 12.4. The number of hydrogen-bond acceptors (Lipinski definition) is 4. The average molecular weight is 316 g/mol. The van der Waals surface area contributed by atoms with Crippen molar-refractivity contribution in [2.24, 2.45) is 0 Å². The maximum Gasteiger partial charge on any atom is 0.297 e. The third kappa shape index (κ3) is 2.58. The number of amides is 1. The van der Waals surface area contributed by atoms with Crippen molar-refractivity contribution in [1.82, 2.24) is 0 Å². The molecule has 1 aliphatic heterocycles. The lowest BCUT2D eigenvalue weighted by Crippen LogP contribution is -2.19. The van der Waals surface area contributed by atoms with Gasteiger partial charge in [-0.3, -0.25) is 4.79 Å². The third-order valence-corrected chi connectivity index (χ3v) is 3.72. The first kappa shape index (κ1) is 12.3. The predicted molar refractivity (Wildman–Crippen MR) is 69.9 cm³/mol. The van der Waals surface area contributed by atoms with Crippen LogP contribution in [0, 0.1) is 0 Å². The zero-order valence-electron chi connectivity index (χ0n) is 8.99. The van der Waals surface area contributed by atoms with Crippen LogP contribution in [0.1, 0.15) is 6.92 Å². The summed E-state index contributed by atoms with van der Waals surface area (Å²) >= 11 is 4.53. The van der Waals surface area contributed by atoms with Crippen molar-refractivity contribution >= 4 is 39.3 Å². The van der Waals surface area contributed by atoms with E-state index in [1.165, 1.54) is 11.8 Å². The summed E-state index contributed by atoms with van der Waals surface area (Å²) in [6.45, 7) is 2.06. The molecule has 0 atom stereocenters. The van der Waals surface area contributed by atoms with E-state index in [9.17, 15) is 9.90 Å². The van der Waals surface area contributed by atoms with Gasteiger partial charge in [-0.15, -0.1) is 0 Å². The Morgan fingerprint density at radius 2 is 2.35 bits per heavy atom. The smallest absolute Gasteiger partial charge is 0.297 e. The summed E-state index contributed by atoms with van der Waals surface area (Å²) in [5, 5.41) is 12.3. The molecule has 4 nitrogen and oxygen atoms in total. The SMILES string of the molecule is CCOC(O)=C1Sc2ccc(Br)cc2NC1=O. The van der Waals surface area contributed by atoms with Crippen molar-refractivity contribution in [1.29, 1.82) is 0 Å². The quantitative estimate of drug-likeness (QED) is 0.649. The number of halogens is 1. The Morgan fingerprint density at radius 1 is 1.59 bits per heavy atom. The normalized spacial score (nSPS) is 17.2. The second-order valence-electron chi connectivity index (χ2n) is 3.26. The molecule has 0 saturated carbocycles. The molecule has 1 aliphatic rings. The highest BCUT2D eigenvalue weighted by Gasteiger charge is 2.25. The first-order valence-electron chi connectivity index (χ1n) is 4.96. The monoisotopic (exact) mass is 315 g/mol. The zero-order valence-corrected chi connectivity index (χ0v) is 11.4. The van der Waals surface area contributed by atoms with Crippen LogP contribution in [0.4, 0.5) is 5.69 Å². The Labute approximate surface area is 111 Å². The maximum atomic E-state index is 11.7. The minimum atomic E-state index is -0.355. The summed E-state index contributed by atoms with van der Waals surface area (Å²) < 4.78 is 5.82. The molecule has 0 saturated heterocycles. The van der Waals surface area contributed by atoms with Crippen LogP contribution >= 0.6 is 27.7 Å². The van der Waals surface area contributed by atoms with Gasteiger partial charge in [0, 0.05) is 9.37 Å². The Morgan fingerprint density at radius 3 is 3.06 bits per heavy atom. The van der Waals surface area contributed by atoms with E-state index in [-0.39, 0.29) is 16.8 Å². The summed E-state index contributed by atoms with van der Waals surface area (Å²) in [6, 6.07) is 5.55. The molecule has 6 heteroatoms. The lowest BCUT2D eigenvalue weighted by atomic mass is 10.3. The molecule has 90 valence electrons. The molecule has 17 heavy (non-hydrogen) atoms. The van der Waals surface area contributed by atoms with Crippen LogP contribution in [-0.2, 0) is 9.53 Å². The minimum Gasteiger partial charge on any atom is -0.480 e. The number of anilines is 1. The largest absolute Gasteiger partial charge is 0.480 e. The van der Waals surface area contributed by atoms with Crippen LogP contribution in [-0.4, -0.2) is 17.6 Å². The number of thioether (sulfide) groups is 1. The number of carbonyl (C=O) groups is 1. The number of rotatable bonds is 2. The highest BCUT2D eigenvalue weighted by molar-refractivity contribution is 9.10. The summed E-state index contributed by atoms with van der Waals surface area (Å²) in [5.74, 6) is -0.685. The van der Waals surface area contributed by atoms with Crippen LogP contribution < -0.4 is 5.32 Å². The number of nitrogens with one attached hydrogen (secondary N) is 1. The van der Waals surface area contributed by atoms with Crippen molar-refractivity contribution in [2.45, 2.75) is 11.8 Å². The fourth-order valence-electron chi connectivity index (χ4n) is 1.37. The van der Waals surface area contributed by atoms with E-state index < -0.39 is 0 Å². The highest BCUT2D eigenvalue weighted by Crippen LogP contribution is 2.40. The van der Waals surface area contributed by atoms with Gasteiger partial charge in [-0.2, -0.15) is 0 Å². The molecule has 1 aromatic carbocycles. The minimum absolute atomic E-state index is 0.182. The molecule has 0 fully saturated rings. The van der Waals surface area contributed by atoms with Crippen molar-refractivity contribution in [2.75, 3.05) is 11.9 Å². The van der Waals surface area contributed by atoms with Gasteiger partial charge in [0.2, 0.25) is 0 Å². The number of aliphatic hydroxyl groups excluding tert-OH is 1. The van der Waals surface area contributed by atoms with Crippen LogP contribution in [0.15, 0.2) is 38.4 Å². The Balaban J connectivity index is 2.36. The van der Waals surface area contributed by atoms with E-state index in [4.69, 9.17) is 4.74 Å². The van der Waals surface area contributed by atoms with Crippen molar-refractivity contribution in [3.05, 3.63) is 33.5 Å². The first-order chi connectivity index (χ1) is 8.11. The Kier molecular flexibility index (Phi) is 3.63. The fraction of sp³-hybridized carbons (Fsp3) is 0.182. The number of aliphatic hydroxyl groups is 1. The molecule has 0 unspecified atom stereocenters. The lowest BCUT2D eigenvalue weighted by Gasteiger charge is -2.19. The molecule has 0 aromatic heterocycles. The van der Waals surface area contributed by atoms with E-state index in [0.717, 1.165) is 15.1 Å². The average Bonchev–Trinajstić information content (AvgIpc) is 2.28. The van der Waals surface area contributed by atoms with Gasteiger partial charge in [0.1, 0.15) is 0 Å². The number of hydrogen-bond donors (Lipinski definition) is 2. The number of benzene rings is 1. The molecule has 1 amide bonds. The second-order valence-corrected chi connectivity index (χ2v) is 5.23. The van der Waals surface area contributed by atoms with Gasteiger partial charge in [-0.1, -0.05) is 27.7 Å². The van der Waals surface area contributed by atoms with Crippen LogP contribution in [0.2, 0.25) is 0 Å². The van der Waals surface area contributed by atoms with Crippen molar-refractivity contribution < 1.29 is 14.6 Å². The van der Waals surface area contributed by atoms with E-state index in [1.54, 1.807) is 6.92 Å².